The zero-order valence-electron chi connectivity index (χ0n) is 14.8. The molecule has 1 heterocycles. The van der Waals surface area contributed by atoms with Gasteiger partial charge in [0.15, 0.2) is 0 Å². The van der Waals surface area contributed by atoms with Crippen LogP contribution in [0, 0.1) is 5.92 Å². The predicted molar refractivity (Wildman–Crippen MR) is 101 cm³/mol. The summed E-state index contributed by atoms with van der Waals surface area (Å²) < 4.78 is 63.0. The number of alkyl halides is 3. The maximum atomic E-state index is 12.6. The second-order valence-corrected chi connectivity index (χ2v) is 8.75. The topological polar surface area (TPSA) is 83.6 Å². The van der Waals surface area contributed by atoms with Crippen molar-refractivity contribution in [2.24, 2.45) is 5.92 Å². The van der Waals surface area contributed by atoms with E-state index in [9.17, 15) is 31.2 Å². The third-order valence-electron chi connectivity index (χ3n) is 4.26. The van der Waals surface area contributed by atoms with Gasteiger partial charge in [0.25, 0.3) is 5.91 Å². The quantitative estimate of drug-likeness (QED) is 0.774. The monoisotopic (exact) mass is 446 g/mol. The molecule has 2 aromatic rings. The minimum Gasteiger partial charge on any atom is -0.322 e. The summed E-state index contributed by atoms with van der Waals surface area (Å²) in [6, 6.07) is 7.54. The molecule has 0 aromatic heterocycles. The van der Waals surface area contributed by atoms with Crippen molar-refractivity contribution in [3.8, 4) is 0 Å². The smallest absolute Gasteiger partial charge is 0.322 e. The number of hydrogen-bond acceptors (Lipinski definition) is 4. The number of carbonyl (C=O) groups excluding carboxylic acids is 2. The average Bonchev–Trinajstić information content (AvgIpc) is 2.82. The Morgan fingerprint density at radius 2 is 1.79 bits per heavy atom. The van der Waals surface area contributed by atoms with Crippen LogP contribution in [0.3, 0.4) is 0 Å². The summed E-state index contributed by atoms with van der Waals surface area (Å²) in [5.74, 6) is -2.49. The van der Waals surface area contributed by atoms with Crippen LogP contribution in [-0.4, -0.2) is 26.0 Å². The van der Waals surface area contributed by atoms with Crippen molar-refractivity contribution in [1.29, 1.82) is 0 Å². The van der Waals surface area contributed by atoms with E-state index in [1.807, 2.05) is 0 Å². The van der Waals surface area contributed by atoms with E-state index in [1.165, 1.54) is 19.1 Å². The third-order valence-corrected chi connectivity index (χ3v) is 6.43. The van der Waals surface area contributed by atoms with E-state index in [4.69, 9.17) is 11.6 Å². The van der Waals surface area contributed by atoms with Gasteiger partial charge < -0.3 is 5.32 Å². The Balaban J connectivity index is 1.88. The molecule has 0 bridgehead atoms. The molecule has 2 amide bonds. The molecular formula is C18H14ClF3N2O4S. The first-order valence-electron chi connectivity index (χ1n) is 8.25. The lowest BCUT2D eigenvalue weighted by atomic mass is 10.1. The van der Waals surface area contributed by atoms with Gasteiger partial charge in [-0.1, -0.05) is 18.5 Å². The maximum Gasteiger partial charge on any atom is 0.416 e. The fourth-order valence-corrected chi connectivity index (χ4v) is 4.90. The van der Waals surface area contributed by atoms with Crippen LogP contribution in [0.5, 0.6) is 0 Å². The fraction of sp³-hybridized carbons (Fsp3) is 0.222. The van der Waals surface area contributed by atoms with E-state index >= 15 is 0 Å². The zero-order valence-corrected chi connectivity index (χ0v) is 16.4. The largest absolute Gasteiger partial charge is 0.416 e. The number of halogens is 4. The van der Waals surface area contributed by atoms with E-state index in [-0.39, 0.29) is 27.7 Å². The third kappa shape index (κ3) is 4.23. The van der Waals surface area contributed by atoms with Crippen molar-refractivity contribution in [2.45, 2.75) is 13.1 Å². The number of rotatable bonds is 3. The number of nitrogens with one attached hydrogen (secondary N) is 1. The van der Waals surface area contributed by atoms with Gasteiger partial charge in [-0.15, -0.1) is 0 Å². The Morgan fingerprint density at radius 3 is 2.31 bits per heavy atom. The molecule has 29 heavy (non-hydrogen) atoms. The molecule has 1 saturated heterocycles. The summed E-state index contributed by atoms with van der Waals surface area (Å²) in [5, 5.41) is 2.37. The van der Waals surface area contributed by atoms with Crippen LogP contribution in [0.2, 0.25) is 5.02 Å². The Kier molecular flexibility index (Phi) is 5.35. The summed E-state index contributed by atoms with van der Waals surface area (Å²) in [6.45, 7) is 1.47. The molecule has 3 rings (SSSR count). The molecule has 0 radical (unpaired) electrons. The molecule has 11 heteroatoms. The van der Waals surface area contributed by atoms with Gasteiger partial charge in [0.1, 0.15) is 0 Å². The number of sulfonamides is 1. The normalized spacial score (nSPS) is 18.7. The molecule has 0 saturated carbocycles. The molecule has 154 valence electrons. The number of anilines is 2. The van der Waals surface area contributed by atoms with Crippen LogP contribution in [-0.2, 0) is 21.0 Å². The van der Waals surface area contributed by atoms with Gasteiger partial charge in [0.05, 0.1) is 27.9 Å². The Bertz CT molecular complexity index is 1090. The highest BCUT2D eigenvalue weighted by Crippen LogP contribution is 2.35. The van der Waals surface area contributed by atoms with E-state index in [1.54, 1.807) is 0 Å². The van der Waals surface area contributed by atoms with E-state index in [0.29, 0.717) is 4.31 Å². The van der Waals surface area contributed by atoms with E-state index in [0.717, 1.165) is 30.3 Å². The second kappa shape index (κ2) is 7.34. The molecule has 2 aromatic carbocycles. The first kappa shape index (κ1) is 21.1. The first-order chi connectivity index (χ1) is 13.4. The highest BCUT2D eigenvalue weighted by atomic mass is 35.5. The van der Waals surface area contributed by atoms with Gasteiger partial charge in [-0.05, 0) is 42.5 Å². The molecule has 1 atom stereocenters. The second-order valence-electron chi connectivity index (χ2n) is 6.48. The minimum absolute atomic E-state index is 0.0214. The van der Waals surface area contributed by atoms with Crippen LogP contribution in [0.4, 0.5) is 24.5 Å². The molecular weight excluding hydrogens is 433 g/mol. The van der Waals surface area contributed by atoms with Crippen molar-refractivity contribution in [3.05, 3.63) is 58.6 Å². The molecule has 1 aliphatic rings. The molecule has 1 unspecified atom stereocenters. The van der Waals surface area contributed by atoms with Crippen LogP contribution in [0.1, 0.15) is 22.8 Å². The van der Waals surface area contributed by atoms with Crippen molar-refractivity contribution in [3.63, 3.8) is 0 Å². The van der Waals surface area contributed by atoms with E-state index < -0.39 is 39.5 Å². The van der Waals surface area contributed by atoms with Crippen LogP contribution in [0.15, 0.2) is 42.5 Å². The lowest BCUT2D eigenvalue weighted by Gasteiger charge is -2.18. The van der Waals surface area contributed by atoms with Gasteiger partial charge in [-0.3, -0.25) is 9.59 Å². The summed E-state index contributed by atoms with van der Waals surface area (Å²) in [6.07, 6.45) is -4.50. The highest BCUT2D eigenvalue weighted by Gasteiger charge is 2.43. The summed E-state index contributed by atoms with van der Waals surface area (Å²) in [5.41, 5.74) is -0.929. The highest BCUT2D eigenvalue weighted by molar-refractivity contribution is 7.94. The van der Waals surface area contributed by atoms with Crippen molar-refractivity contribution in [1.82, 2.24) is 0 Å². The molecule has 0 spiro atoms. The Labute approximate surface area is 169 Å². The Hall–Kier alpha value is -2.59. The average molecular weight is 447 g/mol. The molecule has 0 aliphatic carbocycles. The lowest BCUT2D eigenvalue weighted by Crippen LogP contribution is -2.30. The number of benzene rings is 2. The number of hydrogen-bond donors (Lipinski definition) is 1. The summed E-state index contributed by atoms with van der Waals surface area (Å²) >= 11 is 6.05. The number of carbonyl (C=O) groups is 2. The van der Waals surface area contributed by atoms with Crippen molar-refractivity contribution >= 4 is 44.8 Å². The molecule has 1 aliphatic heterocycles. The van der Waals surface area contributed by atoms with Crippen LogP contribution < -0.4 is 9.62 Å². The SMILES string of the molecule is CC1CS(=O)(=O)N(c2cc(C(=O)Nc3ccc(C(F)(F)F)cc3)ccc2Cl)C1=O. The zero-order chi connectivity index (χ0) is 21.6. The van der Waals surface area contributed by atoms with Crippen LogP contribution >= 0.6 is 11.6 Å². The van der Waals surface area contributed by atoms with Gasteiger partial charge in [0, 0.05) is 11.3 Å². The van der Waals surface area contributed by atoms with Crippen molar-refractivity contribution < 1.29 is 31.2 Å². The van der Waals surface area contributed by atoms with Crippen LogP contribution in [0.25, 0.3) is 0 Å². The van der Waals surface area contributed by atoms with Crippen molar-refractivity contribution in [2.75, 3.05) is 15.4 Å². The maximum absolute atomic E-state index is 12.6. The van der Waals surface area contributed by atoms with E-state index in [2.05, 4.69) is 5.32 Å². The molecule has 1 fully saturated rings. The fourth-order valence-electron chi connectivity index (χ4n) is 2.82. The van der Waals surface area contributed by atoms with Gasteiger partial charge >= 0.3 is 6.18 Å². The van der Waals surface area contributed by atoms with Gasteiger partial charge in [0.2, 0.25) is 15.9 Å². The molecule has 1 N–H and O–H groups in total. The summed E-state index contributed by atoms with van der Waals surface area (Å²) in [7, 11) is -3.92. The first-order valence-corrected chi connectivity index (χ1v) is 10.2. The van der Waals surface area contributed by atoms with Gasteiger partial charge in [-0.2, -0.15) is 13.2 Å². The summed E-state index contributed by atoms with van der Waals surface area (Å²) in [4.78, 5) is 24.7. The Morgan fingerprint density at radius 1 is 1.17 bits per heavy atom. The minimum atomic E-state index is -4.50. The standard InChI is InChI=1S/C18H14ClF3N2O4S/c1-10-9-29(27,28)24(17(10)26)15-8-11(2-7-14(15)19)16(25)23-13-5-3-12(4-6-13)18(20,21)22/h2-8,10H,9H2,1H3,(H,23,25). The lowest BCUT2D eigenvalue weighted by molar-refractivity contribution is -0.137. The number of nitrogens with zero attached hydrogens (tertiary/aromatic N) is 1. The number of amides is 2. The molecule has 6 nitrogen and oxygen atoms in total. The van der Waals surface area contributed by atoms with Gasteiger partial charge in [-0.25, -0.2) is 12.7 Å². The predicted octanol–water partition coefficient (Wildman–Crippen LogP) is 3.92.